The van der Waals surface area contributed by atoms with Gasteiger partial charge in [-0.1, -0.05) is 0 Å². The Balaban J connectivity index is 2.01. The first kappa shape index (κ1) is 39.7. The summed E-state index contributed by atoms with van der Waals surface area (Å²) in [5, 5.41) is 2.83. The van der Waals surface area contributed by atoms with Crippen molar-refractivity contribution in [2.45, 2.75) is 64.7 Å². The third-order valence-corrected chi connectivity index (χ3v) is 6.76. The van der Waals surface area contributed by atoms with Crippen molar-refractivity contribution in [2.75, 3.05) is 36.6 Å². The van der Waals surface area contributed by atoms with Crippen molar-refractivity contribution in [2.24, 2.45) is 0 Å². The SMILES string of the molecule is CCOC(=O)CCCOc1cnc(N(Cc2cc(C(F)(F)F)cc(C(F)(F)F)c2)Cc2cc(C(F)(F)F)ccc2NCCC(=O)OCC)nc1. The Morgan fingerprint density at radius 3 is 1.84 bits per heavy atom. The lowest BCUT2D eigenvalue weighted by Gasteiger charge is -2.26. The van der Waals surface area contributed by atoms with Crippen molar-refractivity contribution in [1.29, 1.82) is 0 Å². The fourth-order valence-electron chi connectivity index (χ4n) is 4.53. The highest BCUT2D eigenvalue weighted by Crippen LogP contribution is 2.37. The number of rotatable bonds is 16. The number of nitrogens with one attached hydrogen (secondary N) is 1. The predicted octanol–water partition coefficient (Wildman–Crippen LogP) is 7.83. The molecule has 18 heteroatoms. The van der Waals surface area contributed by atoms with Crippen LogP contribution in [0.2, 0.25) is 0 Å². The Morgan fingerprint density at radius 2 is 1.30 bits per heavy atom. The Morgan fingerprint density at radius 1 is 0.740 bits per heavy atom. The minimum atomic E-state index is -5.15. The molecule has 9 nitrogen and oxygen atoms in total. The largest absolute Gasteiger partial charge is 0.490 e. The van der Waals surface area contributed by atoms with E-state index in [1.165, 1.54) is 0 Å². The number of carbonyl (C=O) groups is 2. The molecule has 0 spiro atoms. The van der Waals surface area contributed by atoms with Crippen LogP contribution in [0.15, 0.2) is 48.8 Å². The van der Waals surface area contributed by atoms with Crippen molar-refractivity contribution in [3.05, 3.63) is 76.6 Å². The van der Waals surface area contributed by atoms with Gasteiger partial charge in [0.05, 0.1) is 55.3 Å². The lowest BCUT2D eigenvalue weighted by molar-refractivity contribution is -0.144. The molecule has 50 heavy (non-hydrogen) atoms. The molecular formula is C32H33F9N4O5. The number of hydrogen-bond donors (Lipinski definition) is 1. The van der Waals surface area contributed by atoms with E-state index in [0.29, 0.717) is 12.1 Å². The number of esters is 2. The number of carbonyl (C=O) groups excluding carboxylic acids is 2. The average Bonchev–Trinajstić information content (AvgIpc) is 3.02. The van der Waals surface area contributed by atoms with Crippen LogP contribution in [0.4, 0.5) is 51.1 Å². The van der Waals surface area contributed by atoms with Gasteiger partial charge in [0.2, 0.25) is 5.95 Å². The number of ether oxygens (including phenoxy) is 3. The average molecular weight is 725 g/mol. The van der Waals surface area contributed by atoms with E-state index in [2.05, 4.69) is 15.3 Å². The number of hydrogen-bond acceptors (Lipinski definition) is 9. The van der Waals surface area contributed by atoms with E-state index in [4.69, 9.17) is 14.2 Å². The molecule has 1 N–H and O–H groups in total. The first-order valence-corrected chi connectivity index (χ1v) is 15.1. The fraction of sp³-hybridized carbons (Fsp3) is 0.438. The summed E-state index contributed by atoms with van der Waals surface area (Å²) in [6.45, 7) is 2.27. The highest BCUT2D eigenvalue weighted by molar-refractivity contribution is 5.70. The molecule has 0 saturated heterocycles. The smallest absolute Gasteiger partial charge is 0.416 e. The molecule has 0 amide bonds. The van der Waals surface area contributed by atoms with Gasteiger partial charge in [0.1, 0.15) is 0 Å². The molecule has 3 rings (SSSR count). The maximum Gasteiger partial charge on any atom is 0.416 e. The quantitative estimate of drug-likeness (QED) is 0.0900. The maximum atomic E-state index is 13.7. The second-order valence-corrected chi connectivity index (χ2v) is 10.6. The zero-order valence-corrected chi connectivity index (χ0v) is 26.8. The molecule has 0 aliphatic carbocycles. The number of halogens is 9. The van der Waals surface area contributed by atoms with Gasteiger partial charge in [0.15, 0.2) is 5.75 Å². The number of nitrogens with zero attached hydrogens (tertiary/aromatic N) is 3. The first-order valence-electron chi connectivity index (χ1n) is 15.1. The zero-order chi connectivity index (χ0) is 37.1. The molecule has 0 unspecified atom stereocenters. The lowest BCUT2D eigenvalue weighted by atomic mass is 10.0. The van der Waals surface area contributed by atoms with Crippen LogP contribution in [0.5, 0.6) is 5.75 Å². The summed E-state index contributed by atoms with van der Waals surface area (Å²) in [6, 6.07) is 3.56. The molecule has 0 radical (unpaired) electrons. The van der Waals surface area contributed by atoms with E-state index in [1.807, 2.05) is 0 Å². The van der Waals surface area contributed by atoms with Gasteiger partial charge in [0.25, 0.3) is 0 Å². The first-order chi connectivity index (χ1) is 23.4. The molecule has 3 aromatic rings. The molecule has 0 saturated carbocycles. The molecular weight excluding hydrogens is 691 g/mol. The van der Waals surface area contributed by atoms with Crippen LogP contribution in [-0.4, -0.2) is 48.3 Å². The van der Waals surface area contributed by atoms with E-state index in [9.17, 15) is 49.1 Å². The highest BCUT2D eigenvalue weighted by atomic mass is 19.4. The van der Waals surface area contributed by atoms with E-state index < -0.39 is 65.8 Å². The summed E-state index contributed by atoms with van der Waals surface area (Å²) in [5.41, 5.74) is -4.75. The molecule has 2 aromatic carbocycles. The van der Waals surface area contributed by atoms with Gasteiger partial charge in [-0.25, -0.2) is 9.97 Å². The van der Waals surface area contributed by atoms with Crippen molar-refractivity contribution in [3.8, 4) is 5.75 Å². The predicted molar refractivity (Wildman–Crippen MR) is 161 cm³/mol. The van der Waals surface area contributed by atoms with Crippen molar-refractivity contribution < 1.29 is 63.3 Å². The molecule has 0 aliphatic rings. The number of aromatic nitrogens is 2. The maximum absolute atomic E-state index is 13.7. The fourth-order valence-corrected chi connectivity index (χ4v) is 4.53. The van der Waals surface area contributed by atoms with Crippen LogP contribution in [0.3, 0.4) is 0 Å². The standard InChI is InChI=1S/C32H33F9N4O5/c1-3-48-27(46)6-5-11-50-25-16-43-29(44-17-25)45(18-20-12-23(31(36,37)38)15-24(13-20)32(39,40)41)19-21-14-22(30(33,34)35)7-8-26(21)42-10-9-28(47)49-4-2/h7-8,12-17,42H,3-6,9-11,18-19H2,1-2H3. The summed E-state index contributed by atoms with van der Waals surface area (Å²) in [7, 11) is 0. The molecule has 274 valence electrons. The van der Waals surface area contributed by atoms with E-state index in [1.54, 1.807) is 13.8 Å². The third-order valence-electron chi connectivity index (χ3n) is 6.76. The van der Waals surface area contributed by atoms with Gasteiger partial charge in [-0.05, 0) is 67.8 Å². The minimum absolute atomic E-state index is 0.0424. The van der Waals surface area contributed by atoms with Crippen LogP contribution in [-0.2, 0) is 50.7 Å². The van der Waals surface area contributed by atoms with Crippen molar-refractivity contribution in [1.82, 2.24) is 9.97 Å². The van der Waals surface area contributed by atoms with Gasteiger partial charge in [0, 0.05) is 31.7 Å². The molecule has 1 aromatic heterocycles. The molecule has 0 fully saturated rings. The van der Waals surface area contributed by atoms with Gasteiger partial charge >= 0.3 is 30.5 Å². The van der Waals surface area contributed by atoms with E-state index in [0.717, 1.165) is 35.5 Å². The normalized spacial score (nSPS) is 12.0. The lowest BCUT2D eigenvalue weighted by Crippen LogP contribution is -2.26. The Hall–Kier alpha value is -4.77. The van der Waals surface area contributed by atoms with E-state index >= 15 is 0 Å². The van der Waals surface area contributed by atoms with Crippen molar-refractivity contribution in [3.63, 3.8) is 0 Å². The molecule has 0 atom stereocenters. The molecule has 0 aliphatic heterocycles. The third kappa shape index (κ3) is 12.3. The Bertz CT molecular complexity index is 1550. The second kappa shape index (κ2) is 17.2. The minimum Gasteiger partial charge on any atom is -0.490 e. The highest BCUT2D eigenvalue weighted by Gasteiger charge is 2.37. The van der Waals surface area contributed by atoms with Crippen molar-refractivity contribution >= 4 is 23.6 Å². The van der Waals surface area contributed by atoms with Crippen LogP contribution in [0, 0.1) is 0 Å². The summed E-state index contributed by atoms with van der Waals surface area (Å²) in [5.74, 6) is -1.20. The number of anilines is 2. The summed E-state index contributed by atoms with van der Waals surface area (Å²) < 4.78 is 138. The zero-order valence-electron chi connectivity index (χ0n) is 26.8. The molecule has 0 bridgehead atoms. The van der Waals surface area contributed by atoms with Crippen LogP contribution in [0.25, 0.3) is 0 Å². The second-order valence-electron chi connectivity index (χ2n) is 10.6. The monoisotopic (exact) mass is 724 g/mol. The summed E-state index contributed by atoms with van der Waals surface area (Å²) in [4.78, 5) is 32.6. The number of benzene rings is 2. The van der Waals surface area contributed by atoms with E-state index in [-0.39, 0.29) is 74.6 Å². The summed E-state index contributed by atoms with van der Waals surface area (Å²) in [6.07, 6.45) is -12.6. The van der Waals surface area contributed by atoms with Crippen LogP contribution < -0.4 is 15.0 Å². The Labute approximate surface area is 280 Å². The van der Waals surface area contributed by atoms with Gasteiger partial charge < -0.3 is 24.4 Å². The van der Waals surface area contributed by atoms with Gasteiger partial charge in [-0.2, -0.15) is 39.5 Å². The van der Waals surface area contributed by atoms with Crippen LogP contribution >= 0.6 is 0 Å². The summed E-state index contributed by atoms with van der Waals surface area (Å²) >= 11 is 0. The topological polar surface area (TPSA) is 103 Å². The van der Waals surface area contributed by atoms with Crippen LogP contribution in [0.1, 0.15) is 60.9 Å². The molecule has 1 heterocycles. The van der Waals surface area contributed by atoms with Gasteiger partial charge in [-0.3, -0.25) is 9.59 Å². The van der Waals surface area contributed by atoms with Gasteiger partial charge in [-0.15, -0.1) is 0 Å². The Kier molecular flexibility index (Phi) is 13.7. The number of alkyl halides is 9.